The number of benzene rings is 1. The summed E-state index contributed by atoms with van der Waals surface area (Å²) >= 11 is 3.14. The van der Waals surface area contributed by atoms with Gasteiger partial charge in [0.25, 0.3) is 5.91 Å². The third-order valence-corrected chi connectivity index (χ3v) is 2.84. The van der Waals surface area contributed by atoms with Crippen molar-refractivity contribution in [2.24, 2.45) is 0 Å². The zero-order valence-corrected chi connectivity index (χ0v) is 10.8. The Kier molecular flexibility index (Phi) is 5.31. The average Bonchev–Trinajstić information content (AvgIpc) is 2.28. The number of carbonyl (C=O) groups excluding carboxylic acids is 1. The van der Waals surface area contributed by atoms with Crippen LogP contribution in [0.5, 0.6) is 0 Å². The van der Waals surface area contributed by atoms with E-state index < -0.39 is 11.7 Å². The van der Waals surface area contributed by atoms with Crippen LogP contribution in [-0.4, -0.2) is 35.6 Å². The Morgan fingerprint density at radius 3 is 2.82 bits per heavy atom. The number of nitrogens with zero attached hydrogens (tertiary/aromatic N) is 1. The molecular formula is C12H13BrFNO2. The van der Waals surface area contributed by atoms with E-state index >= 15 is 0 Å². The second-order valence-electron chi connectivity index (χ2n) is 3.36. The Labute approximate surface area is 108 Å². The molecule has 17 heavy (non-hydrogen) atoms. The van der Waals surface area contributed by atoms with Gasteiger partial charge in [0.2, 0.25) is 0 Å². The van der Waals surface area contributed by atoms with Crippen LogP contribution in [0.15, 0.2) is 35.3 Å². The van der Waals surface area contributed by atoms with Crippen molar-refractivity contribution < 1.29 is 14.3 Å². The molecule has 0 aliphatic carbocycles. The van der Waals surface area contributed by atoms with Gasteiger partial charge in [0.15, 0.2) is 0 Å². The summed E-state index contributed by atoms with van der Waals surface area (Å²) in [4.78, 5) is 13.4. The Morgan fingerprint density at radius 2 is 2.29 bits per heavy atom. The Balaban J connectivity index is 3.04. The standard InChI is InChI=1S/C12H13BrFNO2/c1-2-6-15(7-8-16)12(17)11-9(13)4-3-5-10(11)14/h2-5,16H,1,6-8H2. The van der Waals surface area contributed by atoms with E-state index in [1.54, 1.807) is 6.07 Å². The van der Waals surface area contributed by atoms with Crippen molar-refractivity contribution in [1.82, 2.24) is 4.90 Å². The van der Waals surface area contributed by atoms with Gasteiger partial charge in [0.05, 0.1) is 12.2 Å². The van der Waals surface area contributed by atoms with E-state index in [0.717, 1.165) is 0 Å². The molecule has 1 aromatic carbocycles. The fraction of sp³-hybridized carbons (Fsp3) is 0.250. The van der Waals surface area contributed by atoms with Crippen molar-refractivity contribution in [2.45, 2.75) is 0 Å². The summed E-state index contributed by atoms with van der Waals surface area (Å²) < 4.78 is 14.0. The van der Waals surface area contributed by atoms with Gasteiger partial charge in [-0.15, -0.1) is 6.58 Å². The van der Waals surface area contributed by atoms with Gasteiger partial charge >= 0.3 is 0 Å². The molecule has 0 saturated heterocycles. The van der Waals surface area contributed by atoms with Gasteiger partial charge in [-0.05, 0) is 28.1 Å². The summed E-state index contributed by atoms with van der Waals surface area (Å²) in [5.74, 6) is -1.06. The highest BCUT2D eigenvalue weighted by atomic mass is 79.9. The molecule has 0 bridgehead atoms. The van der Waals surface area contributed by atoms with E-state index in [1.165, 1.54) is 23.1 Å². The number of hydrogen-bond acceptors (Lipinski definition) is 2. The molecule has 0 atom stereocenters. The van der Waals surface area contributed by atoms with Crippen molar-refractivity contribution in [3.8, 4) is 0 Å². The van der Waals surface area contributed by atoms with E-state index in [9.17, 15) is 9.18 Å². The predicted octanol–water partition coefficient (Wildman–Crippen LogP) is 2.21. The maximum Gasteiger partial charge on any atom is 0.258 e. The smallest absolute Gasteiger partial charge is 0.258 e. The first-order chi connectivity index (χ1) is 8.11. The van der Waals surface area contributed by atoms with Crippen LogP contribution >= 0.6 is 15.9 Å². The molecule has 0 spiro atoms. The SMILES string of the molecule is C=CCN(CCO)C(=O)c1c(F)cccc1Br. The van der Waals surface area contributed by atoms with Crippen molar-refractivity contribution in [2.75, 3.05) is 19.7 Å². The first-order valence-electron chi connectivity index (χ1n) is 5.06. The third kappa shape index (κ3) is 3.38. The van der Waals surface area contributed by atoms with Crippen LogP contribution in [0.3, 0.4) is 0 Å². The van der Waals surface area contributed by atoms with E-state index in [-0.39, 0.29) is 25.3 Å². The van der Waals surface area contributed by atoms with Crippen LogP contribution in [0, 0.1) is 5.82 Å². The molecule has 1 rings (SSSR count). The monoisotopic (exact) mass is 301 g/mol. The average molecular weight is 302 g/mol. The predicted molar refractivity (Wildman–Crippen MR) is 67.3 cm³/mol. The van der Waals surface area contributed by atoms with E-state index in [0.29, 0.717) is 4.47 Å². The number of aliphatic hydroxyl groups is 1. The number of aliphatic hydroxyl groups excluding tert-OH is 1. The Morgan fingerprint density at radius 1 is 1.59 bits per heavy atom. The summed E-state index contributed by atoms with van der Waals surface area (Å²) in [6.45, 7) is 3.76. The normalized spacial score (nSPS) is 10.1. The molecular weight excluding hydrogens is 289 g/mol. The number of carbonyl (C=O) groups is 1. The molecule has 0 radical (unpaired) electrons. The molecule has 0 unspecified atom stereocenters. The van der Waals surface area contributed by atoms with E-state index in [4.69, 9.17) is 5.11 Å². The van der Waals surface area contributed by atoms with Crippen molar-refractivity contribution in [3.05, 3.63) is 46.7 Å². The lowest BCUT2D eigenvalue weighted by atomic mass is 10.2. The van der Waals surface area contributed by atoms with Gasteiger partial charge in [-0.3, -0.25) is 4.79 Å². The molecule has 0 aromatic heterocycles. The summed E-state index contributed by atoms with van der Waals surface area (Å²) in [7, 11) is 0. The maximum absolute atomic E-state index is 13.6. The van der Waals surface area contributed by atoms with Crippen LogP contribution in [0.25, 0.3) is 0 Å². The number of rotatable bonds is 5. The highest BCUT2D eigenvalue weighted by Gasteiger charge is 2.20. The lowest BCUT2D eigenvalue weighted by Crippen LogP contribution is -2.34. The molecule has 3 nitrogen and oxygen atoms in total. The number of hydrogen-bond donors (Lipinski definition) is 1. The highest BCUT2D eigenvalue weighted by molar-refractivity contribution is 9.10. The van der Waals surface area contributed by atoms with E-state index in [2.05, 4.69) is 22.5 Å². The van der Waals surface area contributed by atoms with Gasteiger partial charge in [-0.2, -0.15) is 0 Å². The summed E-state index contributed by atoms with van der Waals surface area (Å²) in [6.07, 6.45) is 1.53. The number of halogens is 2. The molecule has 0 heterocycles. The quantitative estimate of drug-likeness (QED) is 0.847. The molecule has 1 aromatic rings. The second-order valence-corrected chi connectivity index (χ2v) is 4.21. The minimum absolute atomic E-state index is 0.0252. The largest absolute Gasteiger partial charge is 0.395 e. The third-order valence-electron chi connectivity index (χ3n) is 2.18. The summed E-state index contributed by atoms with van der Waals surface area (Å²) in [5, 5.41) is 8.86. The molecule has 0 aliphatic rings. The van der Waals surface area contributed by atoms with Crippen LogP contribution < -0.4 is 0 Å². The molecule has 92 valence electrons. The minimum atomic E-state index is -0.587. The first-order valence-corrected chi connectivity index (χ1v) is 5.86. The lowest BCUT2D eigenvalue weighted by Gasteiger charge is -2.20. The Hall–Kier alpha value is -1.20. The fourth-order valence-corrected chi connectivity index (χ4v) is 1.92. The van der Waals surface area contributed by atoms with Gasteiger partial charge in [0.1, 0.15) is 5.82 Å². The molecule has 1 amide bonds. The van der Waals surface area contributed by atoms with Gasteiger partial charge < -0.3 is 10.0 Å². The van der Waals surface area contributed by atoms with Crippen molar-refractivity contribution >= 4 is 21.8 Å². The van der Waals surface area contributed by atoms with Gasteiger partial charge in [-0.25, -0.2) is 4.39 Å². The van der Waals surface area contributed by atoms with Gasteiger partial charge in [0, 0.05) is 17.6 Å². The number of amides is 1. The van der Waals surface area contributed by atoms with Crippen LogP contribution in [0.2, 0.25) is 0 Å². The summed E-state index contributed by atoms with van der Waals surface area (Å²) in [6, 6.07) is 4.34. The minimum Gasteiger partial charge on any atom is -0.395 e. The summed E-state index contributed by atoms with van der Waals surface area (Å²) in [5.41, 5.74) is -0.0252. The van der Waals surface area contributed by atoms with Crippen LogP contribution in [0.4, 0.5) is 4.39 Å². The topological polar surface area (TPSA) is 40.5 Å². The highest BCUT2D eigenvalue weighted by Crippen LogP contribution is 2.21. The molecule has 5 heteroatoms. The van der Waals surface area contributed by atoms with Crippen molar-refractivity contribution in [1.29, 1.82) is 0 Å². The molecule has 0 saturated carbocycles. The Bertz CT molecular complexity index is 403. The zero-order chi connectivity index (χ0) is 12.8. The molecule has 0 aliphatic heterocycles. The maximum atomic E-state index is 13.6. The molecule has 0 fully saturated rings. The zero-order valence-electron chi connectivity index (χ0n) is 9.20. The second kappa shape index (κ2) is 6.51. The van der Waals surface area contributed by atoms with Crippen molar-refractivity contribution in [3.63, 3.8) is 0 Å². The lowest BCUT2D eigenvalue weighted by molar-refractivity contribution is 0.0737. The fourth-order valence-electron chi connectivity index (χ4n) is 1.41. The van der Waals surface area contributed by atoms with Gasteiger partial charge in [-0.1, -0.05) is 12.1 Å². The van der Waals surface area contributed by atoms with Crippen LogP contribution in [0.1, 0.15) is 10.4 Å². The van der Waals surface area contributed by atoms with E-state index in [1.807, 2.05) is 0 Å². The first kappa shape index (κ1) is 13.9. The van der Waals surface area contributed by atoms with Crippen LogP contribution in [-0.2, 0) is 0 Å². The molecule has 1 N–H and O–H groups in total.